The number of hydrogen-bond acceptors (Lipinski definition) is 3. The maximum atomic E-state index is 11.5. The molecule has 1 aliphatic heterocycles. The van der Waals surface area contributed by atoms with Gasteiger partial charge in [0.2, 0.25) is 9.84 Å². The minimum absolute atomic E-state index is 0.0959. The van der Waals surface area contributed by atoms with Gasteiger partial charge in [-0.3, -0.25) is 0 Å². The predicted molar refractivity (Wildman–Crippen MR) is 54.2 cm³/mol. The lowest BCUT2D eigenvalue weighted by Crippen LogP contribution is -1.99. The second-order valence-corrected chi connectivity index (χ2v) is 5.13. The van der Waals surface area contributed by atoms with Crippen LogP contribution in [0.25, 0.3) is 5.57 Å². The van der Waals surface area contributed by atoms with Crippen LogP contribution in [0.4, 0.5) is 0 Å². The molecule has 2 rings (SSSR count). The fourth-order valence-electron chi connectivity index (χ4n) is 1.58. The standard InChI is InChI=1S/C10H8O4S/c1-6-5-15(13,14)9-3-2-7(10(11)12)4-8(6)9/h2-5H,1H3,(H,11,12). The van der Waals surface area contributed by atoms with E-state index in [-0.39, 0.29) is 10.5 Å². The van der Waals surface area contributed by atoms with E-state index in [0.29, 0.717) is 11.1 Å². The first-order valence-electron chi connectivity index (χ1n) is 4.23. The van der Waals surface area contributed by atoms with E-state index in [2.05, 4.69) is 0 Å². The van der Waals surface area contributed by atoms with Crippen molar-refractivity contribution in [1.82, 2.24) is 0 Å². The molecule has 1 aliphatic rings. The van der Waals surface area contributed by atoms with E-state index in [4.69, 9.17) is 5.11 Å². The Morgan fingerprint density at radius 2 is 2.00 bits per heavy atom. The van der Waals surface area contributed by atoms with Crippen LogP contribution in [0.3, 0.4) is 0 Å². The Hall–Kier alpha value is -1.62. The van der Waals surface area contributed by atoms with Crippen LogP contribution < -0.4 is 0 Å². The Bertz CT molecular complexity index is 581. The highest BCUT2D eigenvalue weighted by Crippen LogP contribution is 2.33. The number of sulfone groups is 1. The van der Waals surface area contributed by atoms with Crippen molar-refractivity contribution in [2.24, 2.45) is 0 Å². The summed E-state index contributed by atoms with van der Waals surface area (Å²) in [5.74, 6) is -1.06. The van der Waals surface area contributed by atoms with Crippen molar-refractivity contribution in [3.63, 3.8) is 0 Å². The van der Waals surface area contributed by atoms with Gasteiger partial charge < -0.3 is 5.11 Å². The fourth-order valence-corrected chi connectivity index (χ4v) is 3.08. The lowest BCUT2D eigenvalue weighted by molar-refractivity contribution is 0.0696. The molecule has 1 aromatic rings. The zero-order chi connectivity index (χ0) is 11.2. The summed E-state index contributed by atoms with van der Waals surface area (Å²) in [6.45, 7) is 1.65. The topological polar surface area (TPSA) is 71.4 Å². The van der Waals surface area contributed by atoms with Gasteiger partial charge in [0.05, 0.1) is 10.5 Å². The third kappa shape index (κ3) is 1.45. The zero-order valence-electron chi connectivity index (χ0n) is 7.89. The highest BCUT2D eigenvalue weighted by Gasteiger charge is 2.25. The van der Waals surface area contributed by atoms with Crippen LogP contribution in [0.2, 0.25) is 0 Å². The highest BCUT2D eigenvalue weighted by atomic mass is 32.2. The van der Waals surface area contributed by atoms with Crippen LogP contribution >= 0.6 is 0 Å². The number of carboxylic acid groups (broad SMARTS) is 1. The number of allylic oxidation sites excluding steroid dienone is 1. The molecule has 1 aromatic carbocycles. The van der Waals surface area contributed by atoms with Crippen LogP contribution in [0, 0.1) is 0 Å². The smallest absolute Gasteiger partial charge is 0.335 e. The van der Waals surface area contributed by atoms with E-state index in [1.807, 2.05) is 0 Å². The summed E-state index contributed by atoms with van der Waals surface area (Å²) in [4.78, 5) is 10.9. The van der Waals surface area contributed by atoms with Crippen molar-refractivity contribution in [1.29, 1.82) is 0 Å². The van der Waals surface area contributed by atoms with E-state index >= 15 is 0 Å². The lowest BCUT2D eigenvalue weighted by atomic mass is 10.1. The van der Waals surface area contributed by atoms with Crippen LogP contribution in [-0.2, 0) is 9.84 Å². The zero-order valence-corrected chi connectivity index (χ0v) is 8.71. The van der Waals surface area contributed by atoms with E-state index in [1.54, 1.807) is 6.92 Å². The molecule has 0 aliphatic carbocycles. The molecule has 78 valence electrons. The van der Waals surface area contributed by atoms with Gasteiger partial charge in [-0.15, -0.1) is 0 Å². The van der Waals surface area contributed by atoms with Crippen molar-refractivity contribution < 1.29 is 18.3 Å². The van der Waals surface area contributed by atoms with Crippen molar-refractivity contribution in [2.75, 3.05) is 0 Å². The van der Waals surface area contributed by atoms with Gasteiger partial charge in [-0.05, 0) is 36.3 Å². The number of fused-ring (bicyclic) bond motifs is 1. The molecule has 0 saturated heterocycles. The van der Waals surface area contributed by atoms with Gasteiger partial charge in [0.25, 0.3) is 0 Å². The summed E-state index contributed by atoms with van der Waals surface area (Å²) < 4.78 is 23.0. The molecular formula is C10H8O4S. The van der Waals surface area contributed by atoms with Gasteiger partial charge in [0.15, 0.2) is 0 Å². The van der Waals surface area contributed by atoms with Crippen LogP contribution in [0.5, 0.6) is 0 Å². The Labute approximate surface area is 86.8 Å². The SMILES string of the molecule is CC1=CS(=O)(=O)c2ccc(C(=O)O)cc21. The van der Waals surface area contributed by atoms with Gasteiger partial charge in [0, 0.05) is 5.41 Å². The average molecular weight is 224 g/mol. The number of rotatable bonds is 1. The van der Waals surface area contributed by atoms with Gasteiger partial charge >= 0.3 is 5.97 Å². The molecule has 0 atom stereocenters. The van der Waals surface area contributed by atoms with Gasteiger partial charge in [0.1, 0.15) is 0 Å². The Balaban J connectivity index is 2.72. The monoisotopic (exact) mass is 224 g/mol. The molecule has 0 saturated carbocycles. The lowest BCUT2D eigenvalue weighted by Gasteiger charge is -2.01. The molecule has 15 heavy (non-hydrogen) atoms. The van der Waals surface area contributed by atoms with Gasteiger partial charge in [-0.2, -0.15) is 0 Å². The highest BCUT2D eigenvalue weighted by molar-refractivity contribution is 7.95. The quantitative estimate of drug-likeness (QED) is 0.785. The summed E-state index contributed by atoms with van der Waals surface area (Å²) in [6, 6.07) is 4.01. The van der Waals surface area contributed by atoms with E-state index in [9.17, 15) is 13.2 Å². The second kappa shape index (κ2) is 2.93. The Kier molecular flexibility index (Phi) is 1.94. The first kappa shape index (κ1) is 9.92. The molecule has 0 fully saturated rings. The van der Waals surface area contributed by atoms with E-state index in [1.165, 1.54) is 18.2 Å². The molecule has 0 unspecified atom stereocenters. The number of carbonyl (C=O) groups is 1. The van der Waals surface area contributed by atoms with E-state index in [0.717, 1.165) is 5.41 Å². The number of aromatic carboxylic acids is 1. The average Bonchev–Trinajstić information content (AvgIpc) is 2.37. The Morgan fingerprint density at radius 3 is 2.60 bits per heavy atom. The third-order valence-corrected chi connectivity index (χ3v) is 3.92. The van der Waals surface area contributed by atoms with Crippen molar-refractivity contribution >= 4 is 21.4 Å². The van der Waals surface area contributed by atoms with Crippen molar-refractivity contribution in [3.8, 4) is 0 Å². The Morgan fingerprint density at radius 1 is 1.33 bits per heavy atom. The largest absolute Gasteiger partial charge is 0.478 e. The summed E-state index contributed by atoms with van der Waals surface area (Å²) in [7, 11) is -3.35. The fraction of sp³-hybridized carbons (Fsp3) is 0.100. The molecule has 0 spiro atoms. The van der Waals surface area contributed by atoms with Crippen molar-refractivity contribution in [2.45, 2.75) is 11.8 Å². The molecule has 5 heteroatoms. The third-order valence-electron chi connectivity index (χ3n) is 2.29. The minimum Gasteiger partial charge on any atom is -0.478 e. The van der Waals surface area contributed by atoms with Crippen LogP contribution in [0.15, 0.2) is 28.5 Å². The van der Waals surface area contributed by atoms with Crippen LogP contribution in [0.1, 0.15) is 22.8 Å². The van der Waals surface area contributed by atoms with Crippen molar-refractivity contribution in [3.05, 3.63) is 34.7 Å². The summed E-state index contributed by atoms with van der Waals surface area (Å²) in [6.07, 6.45) is 0. The summed E-state index contributed by atoms with van der Waals surface area (Å²) >= 11 is 0. The van der Waals surface area contributed by atoms with Gasteiger partial charge in [-0.25, -0.2) is 13.2 Å². The molecule has 0 bridgehead atoms. The first-order valence-corrected chi connectivity index (χ1v) is 5.77. The number of carboxylic acids is 1. The molecule has 0 radical (unpaired) electrons. The molecule has 1 heterocycles. The predicted octanol–water partition coefficient (Wildman–Crippen LogP) is 1.53. The number of hydrogen-bond donors (Lipinski definition) is 1. The summed E-state index contributed by atoms with van der Waals surface area (Å²) in [5.41, 5.74) is 1.15. The van der Waals surface area contributed by atoms with Gasteiger partial charge in [-0.1, -0.05) is 0 Å². The minimum atomic E-state index is -3.35. The molecular weight excluding hydrogens is 216 g/mol. The normalized spacial score (nSPS) is 17.0. The number of benzene rings is 1. The van der Waals surface area contributed by atoms with Crippen LogP contribution in [-0.4, -0.2) is 19.5 Å². The molecule has 1 N–H and O–H groups in total. The van der Waals surface area contributed by atoms with E-state index < -0.39 is 15.8 Å². The molecule has 4 nitrogen and oxygen atoms in total. The second-order valence-electron chi connectivity index (χ2n) is 3.36. The molecule has 0 amide bonds. The first-order chi connectivity index (χ1) is 6.92. The maximum Gasteiger partial charge on any atom is 0.335 e. The maximum absolute atomic E-state index is 11.5. The summed E-state index contributed by atoms with van der Waals surface area (Å²) in [5, 5.41) is 9.92. The molecule has 0 aromatic heterocycles.